The lowest BCUT2D eigenvalue weighted by atomic mass is 10.0. The predicted molar refractivity (Wildman–Crippen MR) is 110 cm³/mol. The summed E-state index contributed by atoms with van der Waals surface area (Å²) in [6, 6.07) is 12.6. The van der Waals surface area contributed by atoms with E-state index in [4.69, 9.17) is 5.10 Å². The summed E-state index contributed by atoms with van der Waals surface area (Å²) >= 11 is 0. The Morgan fingerprint density at radius 2 is 1.96 bits per heavy atom. The Bertz CT molecular complexity index is 1010. The smallest absolute Gasteiger partial charge is 0.123 e. The molecule has 138 valence electrons. The molecule has 0 bridgehead atoms. The third-order valence-electron chi connectivity index (χ3n) is 4.06. The molecule has 3 rings (SSSR count). The fraction of sp³-hybridized carbons (Fsp3) is 0.182. The summed E-state index contributed by atoms with van der Waals surface area (Å²) in [6.45, 7) is 9.98. The number of fused-ring (bicyclic) bond motifs is 1. The van der Waals surface area contributed by atoms with E-state index in [9.17, 15) is 4.39 Å². The molecule has 0 aliphatic heterocycles. The van der Waals surface area contributed by atoms with E-state index in [1.807, 2.05) is 55.8 Å². The first-order valence-electron chi connectivity index (χ1n) is 8.86. The molecule has 0 unspecified atom stereocenters. The minimum atomic E-state index is -0.264. The number of aliphatic imine (C=N–C) groups is 1. The fourth-order valence-electron chi connectivity index (χ4n) is 2.89. The molecule has 2 aromatic heterocycles. The van der Waals surface area contributed by atoms with Gasteiger partial charge in [-0.15, -0.1) is 0 Å². The molecule has 0 atom stereocenters. The number of aromatic nitrogens is 2. The SMILES string of the molecule is C=C(/N=C\C=C(/C)c1c(-c2ccc(F)cc2)nn2ccccc12)NC(C)C. The summed E-state index contributed by atoms with van der Waals surface area (Å²) in [5.74, 6) is 0.354. The van der Waals surface area contributed by atoms with Crippen LogP contribution in [0.5, 0.6) is 0 Å². The van der Waals surface area contributed by atoms with E-state index in [0.29, 0.717) is 5.82 Å². The van der Waals surface area contributed by atoms with Crippen molar-refractivity contribution in [2.45, 2.75) is 26.8 Å². The Balaban J connectivity index is 2.02. The minimum Gasteiger partial charge on any atom is -0.368 e. The van der Waals surface area contributed by atoms with Crippen LogP contribution in [-0.2, 0) is 0 Å². The van der Waals surface area contributed by atoms with Crippen molar-refractivity contribution in [2.24, 2.45) is 4.99 Å². The molecule has 3 aromatic rings. The standard InChI is InChI=1S/C22H23FN4/c1-15(2)25-17(4)24-13-12-16(3)21-20-7-5-6-14-27(20)26-22(21)18-8-10-19(23)11-9-18/h5-15,25H,4H2,1-3H3/b16-12+,24-13-. The zero-order chi connectivity index (χ0) is 19.4. The summed E-state index contributed by atoms with van der Waals surface area (Å²) < 4.78 is 15.2. The normalized spacial score (nSPS) is 12.3. The van der Waals surface area contributed by atoms with E-state index in [-0.39, 0.29) is 11.9 Å². The van der Waals surface area contributed by atoms with Gasteiger partial charge in [-0.1, -0.05) is 12.6 Å². The maximum Gasteiger partial charge on any atom is 0.123 e. The zero-order valence-corrected chi connectivity index (χ0v) is 15.8. The van der Waals surface area contributed by atoms with Crippen LogP contribution in [0.2, 0.25) is 0 Å². The van der Waals surface area contributed by atoms with Crippen LogP contribution in [0.25, 0.3) is 22.3 Å². The highest BCUT2D eigenvalue weighted by Gasteiger charge is 2.15. The van der Waals surface area contributed by atoms with E-state index in [2.05, 4.69) is 16.9 Å². The van der Waals surface area contributed by atoms with Crippen LogP contribution in [-0.4, -0.2) is 21.9 Å². The van der Waals surface area contributed by atoms with Crippen molar-refractivity contribution < 1.29 is 4.39 Å². The van der Waals surface area contributed by atoms with Gasteiger partial charge in [-0.05, 0) is 68.8 Å². The number of halogens is 1. The number of nitrogens with one attached hydrogen (secondary N) is 1. The van der Waals surface area contributed by atoms with Crippen LogP contribution in [0, 0.1) is 5.82 Å². The highest BCUT2D eigenvalue weighted by Crippen LogP contribution is 2.31. The third kappa shape index (κ3) is 4.31. The van der Waals surface area contributed by atoms with E-state index >= 15 is 0 Å². The number of benzene rings is 1. The monoisotopic (exact) mass is 362 g/mol. The summed E-state index contributed by atoms with van der Waals surface area (Å²) in [4.78, 5) is 4.32. The molecule has 0 spiro atoms. The molecular weight excluding hydrogens is 339 g/mol. The van der Waals surface area contributed by atoms with Gasteiger partial charge in [0.1, 0.15) is 17.3 Å². The van der Waals surface area contributed by atoms with Crippen LogP contribution >= 0.6 is 0 Å². The number of nitrogens with zero attached hydrogens (tertiary/aromatic N) is 3. The number of rotatable bonds is 6. The van der Waals surface area contributed by atoms with Crippen molar-refractivity contribution >= 4 is 17.3 Å². The molecular formula is C22H23FN4. The molecule has 2 heterocycles. The van der Waals surface area contributed by atoms with Crippen LogP contribution in [0.4, 0.5) is 4.39 Å². The van der Waals surface area contributed by atoms with Crippen molar-refractivity contribution in [2.75, 3.05) is 0 Å². The number of allylic oxidation sites excluding steroid dienone is 2. The van der Waals surface area contributed by atoms with Crippen molar-refractivity contribution in [3.05, 3.63) is 78.5 Å². The maximum absolute atomic E-state index is 13.3. The molecule has 0 saturated heterocycles. The van der Waals surface area contributed by atoms with Crippen LogP contribution < -0.4 is 5.32 Å². The molecule has 0 radical (unpaired) electrons. The van der Waals surface area contributed by atoms with E-state index < -0.39 is 0 Å². The second-order valence-electron chi connectivity index (χ2n) is 6.63. The van der Waals surface area contributed by atoms with Gasteiger partial charge in [-0.3, -0.25) is 0 Å². The van der Waals surface area contributed by atoms with Gasteiger partial charge in [0.15, 0.2) is 0 Å². The maximum atomic E-state index is 13.3. The summed E-state index contributed by atoms with van der Waals surface area (Å²) in [7, 11) is 0. The van der Waals surface area contributed by atoms with E-state index in [0.717, 1.165) is 27.9 Å². The Labute approximate surface area is 158 Å². The average molecular weight is 362 g/mol. The van der Waals surface area contributed by atoms with Gasteiger partial charge in [0.2, 0.25) is 0 Å². The lowest BCUT2D eigenvalue weighted by Crippen LogP contribution is -2.20. The molecule has 1 aromatic carbocycles. The summed E-state index contributed by atoms with van der Waals surface area (Å²) in [5, 5.41) is 7.84. The molecule has 0 amide bonds. The fourth-order valence-corrected chi connectivity index (χ4v) is 2.89. The minimum absolute atomic E-state index is 0.264. The topological polar surface area (TPSA) is 41.7 Å². The third-order valence-corrected chi connectivity index (χ3v) is 4.06. The van der Waals surface area contributed by atoms with Gasteiger partial charge < -0.3 is 5.32 Å². The highest BCUT2D eigenvalue weighted by atomic mass is 19.1. The first-order chi connectivity index (χ1) is 13.0. The van der Waals surface area contributed by atoms with Crippen LogP contribution in [0.15, 0.2) is 72.1 Å². The molecule has 27 heavy (non-hydrogen) atoms. The largest absolute Gasteiger partial charge is 0.368 e. The quantitative estimate of drug-likeness (QED) is 0.621. The molecule has 5 heteroatoms. The molecule has 0 fully saturated rings. The second-order valence-corrected chi connectivity index (χ2v) is 6.63. The molecule has 4 nitrogen and oxygen atoms in total. The molecule has 0 saturated carbocycles. The van der Waals surface area contributed by atoms with Crippen LogP contribution in [0.3, 0.4) is 0 Å². The zero-order valence-electron chi connectivity index (χ0n) is 15.8. The Hall–Kier alpha value is -3.21. The van der Waals surface area contributed by atoms with Gasteiger partial charge in [0.05, 0.1) is 5.52 Å². The van der Waals surface area contributed by atoms with Gasteiger partial charge in [0.25, 0.3) is 0 Å². The lowest BCUT2D eigenvalue weighted by molar-refractivity contribution is 0.628. The predicted octanol–water partition coefficient (Wildman–Crippen LogP) is 5.08. The van der Waals surface area contributed by atoms with E-state index in [1.54, 1.807) is 18.3 Å². The van der Waals surface area contributed by atoms with Gasteiger partial charge in [-0.25, -0.2) is 13.9 Å². The number of pyridine rings is 1. The van der Waals surface area contributed by atoms with Crippen LogP contribution in [0.1, 0.15) is 26.3 Å². The Morgan fingerprint density at radius 1 is 1.22 bits per heavy atom. The van der Waals surface area contributed by atoms with E-state index in [1.165, 1.54) is 12.1 Å². The molecule has 1 N–H and O–H groups in total. The lowest BCUT2D eigenvalue weighted by Gasteiger charge is -2.07. The Kier molecular flexibility index (Phi) is 5.50. The summed E-state index contributed by atoms with van der Waals surface area (Å²) in [6.07, 6.45) is 5.57. The first kappa shape index (κ1) is 18.6. The molecule has 0 aliphatic rings. The van der Waals surface area contributed by atoms with Gasteiger partial charge in [-0.2, -0.15) is 5.10 Å². The summed E-state index contributed by atoms with van der Waals surface area (Å²) in [5.41, 5.74) is 4.67. The molecule has 0 aliphatic carbocycles. The number of hydrogen-bond acceptors (Lipinski definition) is 3. The van der Waals surface area contributed by atoms with Crippen molar-refractivity contribution in [1.29, 1.82) is 0 Å². The van der Waals surface area contributed by atoms with Crippen molar-refractivity contribution in [3.8, 4) is 11.3 Å². The van der Waals surface area contributed by atoms with Crippen molar-refractivity contribution in [3.63, 3.8) is 0 Å². The van der Waals surface area contributed by atoms with Gasteiger partial charge in [0, 0.05) is 29.6 Å². The highest BCUT2D eigenvalue weighted by molar-refractivity contribution is 5.93. The van der Waals surface area contributed by atoms with Crippen molar-refractivity contribution in [1.82, 2.24) is 14.9 Å². The Morgan fingerprint density at radius 3 is 2.67 bits per heavy atom. The van der Waals surface area contributed by atoms with Gasteiger partial charge >= 0.3 is 0 Å². The number of hydrogen-bond donors (Lipinski definition) is 1. The first-order valence-corrected chi connectivity index (χ1v) is 8.86. The second kappa shape index (κ2) is 7.99. The average Bonchev–Trinajstić information content (AvgIpc) is 3.01.